The molecule has 4 rings (SSSR count). The van der Waals surface area contributed by atoms with Gasteiger partial charge in [-0.2, -0.15) is 0 Å². The second-order valence-electron chi connectivity index (χ2n) is 9.63. The molecule has 2 unspecified atom stereocenters. The van der Waals surface area contributed by atoms with E-state index in [-0.39, 0.29) is 24.0 Å². The van der Waals surface area contributed by atoms with Gasteiger partial charge in [0.25, 0.3) is 0 Å². The Morgan fingerprint density at radius 2 is 1.57 bits per heavy atom. The predicted molar refractivity (Wildman–Crippen MR) is 145 cm³/mol. The van der Waals surface area contributed by atoms with Gasteiger partial charge in [0.1, 0.15) is 11.5 Å². The minimum Gasteiger partial charge on any atom is -0.480 e. The van der Waals surface area contributed by atoms with E-state index in [9.17, 15) is 14.4 Å². The molecule has 1 aliphatic rings. The van der Waals surface area contributed by atoms with E-state index in [1.807, 2.05) is 54.8 Å². The molecule has 1 amide bonds. The molecule has 0 N–H and O–H groups in total. The van der Waals surface area contributed by atoms with Crippen molar-refractivity contribution in [2.45, 2.75) is 37.2 Å². The predicted octanol–water partition coefficient (Wildman–Crippen LogP) is 6.25. The molecular weight excluding hydrogens is 486 g/mol. The lowest BCUT2D eigenvalue weighted by Gasteiger charge is -2.24. The van der Waals surface area contributed by atoms with Gasteiger partial charge in [-0.15, -0.1) is 11.8 Å². The molecule has 3 aromatic carbocycles. The Morgan fingerprint density at radius 1 is 0.892 bits per heavy atom. The third-order valence-corrected chi connectivity index (χ3v) is 7.49. The first-order valence-electron chi connectivity index (χ1n) is 12.2. The van der Waals surface area contributed by atoms with Gasteiger partial charge >= 0.3 is 6.09 Å². The van der Waals surface area contributed by atoms with Crippen LogP contribution in [0.1, 0.15) is 42.6 Å². The van der Waals surface area contributed by atoms with Gasteiger partial charge in [0.15, 0.2) is 17.2 Å². The highest BCUT2D eigenvalue weighted by Gasteiger charge is 2.41. The van der Waals surface area contributed by atoms with Crippen LogP contribution in [0.25, 0.3) is 0 Å². The van der Waals surface area contributed by atoms with Gasteiger partial charge in [-0.25, -0.2) is 4.79 Å². The number of thioether (sulfide) groups is 1. The minimum absolute atomic E-state index is 0.0250. The lowest BCUT2D eigenvalue weighted by molar-refractivity contribution is -0.129. The van der Waals surface area contributed by atoms with Gasteiger partial charge in [-0.1, -0.05) is 42.5 Å². The number of hydrogen-bond acceptors (Lipinski definition) is 6. The highest BCUT2D eigenvalue weighted by atomic mass is 32.2. The monoisotopic (exact) mass is 517 g/mol. The van der Waals surface area contributed by atoms with Crippen LogP contribution in [-0.2, 0) is 4.79 Å². The average Bonchev–Trinajstić information content (AvgIpc) is 3.34. The van der Waals surface area contributed by atoms with Gasteiger partial charge in [0.05, 0.1) is 0 Å². The first-order valence-corrected chi connectivity index (χ1v) is 13.4. The number of rotatable bonds is 8. The molecular formula is C30H31NO5S. The number of carbonyl (C=O) groups is 3. The molecule has 1 fully saturated rings. The third-order valence-electron chi connectivity index (χ3n) is 6.74. The zero-order chi connectivity index (χ0) is 26.6. The molecule has 6 nitrogen and oxygen atoms in total. The van der Waals surface area contributed by atoms with Crippen molar-refractivity contribution in [3.8, 4) is 11.5 Å². The molecule has 1 saturated heterocycles. The number of amides is 1. The number of likely N-dealkylation sites (tertiary alicyclic amines) is 1. The SMILES string of the molecule is CSc1ccc(C(=O)C2CN(C(=O)Oc3ccccc3)CC2c2cccc(OC(C)(C)C(C)=O)c2)cc1. The molecule has 1 heterocycles. The number of nitrogens with zero attached hydrogens (tertiary/aromatic N) is 1. The molecule has 0 spiro atoms. The van der Waals surface area contributed by atoms with E-state index in [4.69, 9.17) is 9.47 Å². The molecule has 3 aromatic rings. The van der Waals surface area contributed by atoms with Crippen LogP contribution in [0.5, 0.6) is 11.5 Å². The summed E-state index contributed by atoms with van der Waals surface area (Å²) in [7, 11) is 0. The summed E-state index contributed by atoms with van der Waals surface area (Å²) in [5, 5.41) is 0. The van der Waals surface area contributed by atoms with Crippen molar-refractivity contribution in [3.63, 3.8) is 0 Å². The van der Waals surface area contributed by atoms with Crippen LogP contribution in [0, 0.1) is 5.92 Å². The van der Waals surface area contributed by atoms with E-state index < -0.39 is 17.6 Å². The summed E-state index contributed by atoms with van der Waals surface area (Å²) in [4.78, 5) is 41.4. The van der Waals surface area contributed by atoms with Crippen molar-refractivity contribution < 1.29 is 23.9 Å². The summed E-state index contributed by atoms with van der Waals surface area (Å²) in [6, 6.07) is 23.9. The molecule has 192 valence electrons. The highest BCUT2D eigenvalue weighted by Crippen LogP contribution is 2.37. The molecule has 7 heteroatoms. The second-order valence-corrected chi connectivity index (χ2v) is 10.5. The third kappa shape index (κ3) is 6.23. The zero-order valence-electron chi connectivity index (χ0n) is 21.5. The van der Waals surface area contributed by atoms with Crippen molar-refractivity contribution in [3.05, 3.63) is 90.0 Å². The summed E-state index contributed by atoms with van der Waals surface area (Å²) in [5.74, 6) is 0.157. The Morgan fingerprint density at radius 3 is 2.22 bits per heavy atom. The maximum Gasteiger partial charge on any atom is 0.415 e. The van der Waals surface area contributed by atoms with E-state index in [1.54, 1.807) is 60.8 Å². The molecule has 0 radical (unpaired) electrons. The molecule has 0 bridgehead atoms. The Bertz CT molecular complexity index is 1270. The van der Waals surface area contributed by atoms with Gasteiger partial charge in [0.2, 0.25) is 0 Å². The van der Waals surface area contributed by atoms with Crippen molar-refractivity contribution in [2.24, 2.45) is 5.92 Å². The lowest BCUT2D eigenvalue weighted by Crippen LogP contribution is -2.36. The smallest absolute Gasteiger partial charge is 0.415 e. The Hall–Kier alpha value is -3.58. The van der Waals surface area contributed by atoms with Gasteiger partial charge < -0.3 is 14.4 Å². The maximum absolute atomic E-state index is 13.7. The largest absolute Gasteiger partial charge is 0.480 e. The van der Waals surface area contributed by atoms with Crippen LogP contribution in [0.3, 0.4) is 0 Å². The lowest BCUT2D eigenvalue weighted by atomic mass is 9.84. The van der Waals surface area contributed by atoms with Crippen molar-refractivity contribution in [1.82, 2.24) is 4.90 Å². The van der Waals surface area contributed by atoms with Gasteiger partial charge in [-0.05, 0) is 69.0 Å². The topological polar surface area (TPSA) is 72.9 Å². The second kappa shape index (κ2) is 11.2. The molecule has 2 atom stereocenters. The Kier molecular flexibility index (Phi) is 8.03. The number of benzene rings is 3. The fourth-order valence-corrected chi connectivity index (χ4v) is 4.76. The number of para-hydroxylation sites is 1. The van der Waals surface area contributed by atoms with Crippen LogP contribution < -0.4 is 9.47 Å². The fraction of sp³-hybridized carbons (Fsp3) is 0.300. The first-order chi connectivity index (χ1) is 17.7. The number of hydrogen-bond donors (Lipinski definition) is 0. The molecule has 37 heavy (non-hydrogen) atoms. The normalized spacial score (nSPS) is 17.4. The van der Waals surface area contributed by atoms with Crippen LogP contribution >= 0.6 is 11.8 Å². The number of ketones is 2. The summed E-state index contributed by atoms with van der Waals surface area (Å²) in [5.41, 5.74) is 0.496. The number of Topliss-reactive ketones (excluding diaryl/α,β-unsaturated/α-hetero) is 2. The van der Waals surface area contributed by atoms with E-state index in [0.717, 1.165) is 10.5 Å². The quantitative estimate of drug-likeness (QED) is 0.260. The summed E-state index contributed by atoms with van der Waals surface area (Å²) >= 11 is 1.61. The van der Waals surface area contributed by atoms with Gasteiger partial charge in [0, 0.05) is 35.4 Å². The maximum atomic E-state index is 13.7. The minimum atomic E-state index is -0.978. The van der Waals surface area contributed by atoms with E-state index >= 15 is 0 Å². The van der Waals surface area contributed by atoms with E-state index in [1.165, 1.54) is 6.92 Å². The molecule has 0 aromatic heterocycles. The fourth-order valence-electron chi connectivity index (χ4n) is 4.35. The van der Waals surface area contributed by atoms with Gasteiger partial charge in [-0.3, -0.25) is 9.59 Å². The van der Waals surface area contributed by atoms with Crippen LogP contribution in [0.15, 0.2) is 83.8 Å². The molecule has 1 aliphatic heterocycles. The molecule has 0 saturated carbocycles. The number of carbonyl (C=O) groups excluding carboxylic acids is 3. The number of ether oxygens (including phenoxy) is 2. The average molecular weight is 518 g/mol. The molecule has 0 aliphatic carbocycles. The first kappa shape index (κ1) is 26.5. The standard InChI is InChI=1S/C30H31NO5S/c1-20(32)30(2,3)36-24-12-8-9-22(17-24)26-18-31(29(34)35-23-10-6-5-7-11-23)19-27(26)28(33)21-13-15-25(37-4)16-14-21/h5-17,26-27H,18-19H2,1-4H3. The van der Waals surface area contributed by atoms with Crippen LogP contribution in [0.2, 0.25) is 0 Å². The highest BCUT2D eigenvalue weighted by molar-refractivity contribution is 7.98. The summed E-state index contributed by atoms with van der Waals surface area (Å²) < 4.78 is 11.6. The van der Waals surface area contributed by atoms with Crippen LogP contribution in [0.4, 0.5) is 4.79 Å². The van der Waals surface area contributed by atoms with Crippen molar-refractivity contribution >= 4 is 29.4 Å². The summed E-state index contributed by atoms with van der Waals surface area (Å²) in [6.45, 7) is 5.51. The van der Waals surface area contributed by atoms with Crippen molar-refractivity contribution in [2.75, 3.05) is 19.3 Å². The zero-order valence-corrected chi connectivity index (χ0v) is 22.3. The van der Waals surface area contributed by atoms with Crippen LogP contribution in [-0.4, -0.2) is 47.5 Å². The van der Waals surface area contributed by atoms with Crippen molar-refractivity contribution in [1.29, 1.82) is 0 Å². The Balaban J connectivity index is 1.63. The summed E-state index contributed by atoms with van der Waals surface area (Å²) in [6.07, 6.45) is 1.50. The Labute approximate surface area is 222 Å². The van der Waals surface area contributed by atoms with E-state index in [2.05, 4.69) is 0 Å². The van der Waals surface area contributed by atoms with E-state index in [0.29, 0.717) is 23.6 Å².